The van der Waals surface area contributed by atoms with Crippen LogP contribution in [0.1, 0.15) is 0 Å². The molecule has 7 nitrogen and oxygen atoms in total. The van der Waals surface area contributed by atoms with Crippen LogP contribution in [0.2, 0.25) is 0 Å². The van der Waals surface area contributed by atoms with Gasteiger partial charge in [-0.1, -0.05) is 0 Å². The number of nitrogens with zero attached hydrogens (tertiary/aromatic N) is 1. The van der Waals surface area contributed by atoms with Crippen molar-refractivity contribution in [3.8, 4) is 0 Å². The van der Waals surface area contributed by atoms with Crippen molar-refractivity contribution >= 4 is 11.8 Å². The number of aliphatic hydroxyl groups excluding tert-OH is 1. The van der Waals surface area contributed by atoms with Crippen molar-refractivity contribution in [2.75, 3.05) is 33.4 Å². The molecule has 4 N–H and O–H groups in total. The van der Waals surface area contributed by atoms with Crippen LogP contribution in [0, 0.1) is 0 Å². The third-order valence-electron chi connectivity index (χ3n) is 1.55. The molecular formula is C7H15N3O4. The topological polar surface area (TPSA) is 105 Å². The molecule has 0 heterocycles. The summed E-state index contributed by atoms with van der Waals surface area (Å²) in [6.07, 6.45) is 0. The van der Waals surface area contributed by atoms with Crippen LogP contribution in [-0.4, -0.2) is 55.2 Å². The molecule has 0 spiro atoms. The third kappa shape index (κ3) is 4.17. The predicted octanol–water partition coefficient (Wildman–Crippen LogP) is -2.56. The number of hydrazine groups is 1. The van der Waals surface area contributed by atoms with E-state index in [2.05, 4.69) is 0 Å². The van der Waals surface area contributed by atoms with E-state index in [0.717, 1.165) is 4.90 Å². The summed E-state index contributed by atoms with van der Waals surface area (Å²) in [5.41, 5.74) is 1.73. The Kier molecular flexibility index (Phi) is 6.63. The minimum Gasteiger partial charge on any atom is -0.395 e. The minimum absolute atomic E-state index is 0.0790. The molecule has 0 aliphatic carbocycles. The zero-order valence-electron chi connectivity index (χ0n) is 8.02. The van der Waals surface area contributed by atoms with Gasteiger partial charge in [-0.05, 0) is 0 Å². The highest BCUT2D eigenvalue weighted by molar-refractivity contribution is 6.34. The van der Waals surface area contributed by atoms with Crippen molar-refractivity contribution in [3.63, 3.8) is 0 Å². The molecule has 0 rings (SSSR count). The van der Waals surface area contributed by atoms with Crippen molar-refractivity contribution in [3.05, 3.63) is 0 Å². The first-order chi connectivity index (χ1) is 6.67. The molecule has 0 aliphatic rings. The van der Waals surface area contributed by atoms with Crippen molar-refractivity contribution < 1.29 is 19.4 Å². The fourth-order valence-electron chi connectivity index (χ4n) is 0.842. The number of amides is 2. The maximum absolute atomic E-state index is 11.2. The molecule has 82 valence electrons. The van der Waals surface area contributed by atoms with Gasteiger partial charge >= 0.3 is 11.8 Å². The van der Waals surface area contributed by atoms with Gasteiger partial charge in [-0.15, -0.1) is 0 Å². The molecule has 0 unspecified atom stereocenters. The Balaban J connectivity index is 4.17. The summed E-state index contributed by atoms with van der Waals surface area (Å²) in [6, 6.07) is 0. The number of nitrogens with one attached hydrogen (secondary N) is 1. The molecule has 0 aromatic carbocycles. The van der Waals surface area contributed by atoms with Crippen molar-refractivity contribution in [2.45, 2.75) is 0 Å². The molecule has 0 aliphatic heterocycles. The van der Waals surface area contributed by atoms with Gasteiger partial charge in [-0.25, -0.2) is 5.84 Å². The molecule has 7 heteroatoms. The van der Waals surface area contributed by atoms with Crippen LogP contribution in [0.4, 0.5) is 0 Å². The summed E-state index contributed by atoms with van der Waals surface area (Å²) in [7, 11) is 1.48. The highest BCUT2D eigenvalue weighted by atomic mass is 16.5. The molecule has 0 aromatic rings. The molecule has 0 saturated carbocycles. The Morgan fingerprint density at radius 1 is 1.50 bits per heavy atom. The van der Waals surface area contributed by atoms with Gasteiger partial charge in [0.2, 0.25) is 0 Å². The van der Waals surface area contributed by atoms with E-state index in [-0.39, 0.29) is 19.7 Å². The number of carbonyl (C=O) groups is 2. The lowest BCUT2D eigenvalue weighted by Gasteiger charge is -2.19. The number of methoxy groups -OCH3 is 1. The summed E-state index contributed by atoms with van der Waals surface area (Å²) < 4.78 is 4.74. The van der Waals surface area contributed by atoms with Crippen LogP contribution in [0.3, 0.4) is 0 Å². The van der Waals surface area contributed by atoms with Crippen LogP contribution in [-0.2, 0) is 14.3 Å². The Hall–Kier alpha value is -1.18. The fourth-order valence-corrected chi connectivity index (χ4v) is 0.842. The first-order valence-corrected chi connectivity index (χ1v) is 4.07. The van der Waals surface area contributed by atoms with Gasteiger partial charge in [0.05, 0.1) is 13.2 Å². The van der Waals surface area contributed by atoms with E-state index in [1.807, 2.05) is 0 Å². The number of carbonyl (C=O) groups excluding carboxylic acids is 2. The zero-order valence-corrected chi connectivity index (χ0v) is 8.02. The first kappa shape index (κ1) is 12.8. The maximum atomic E-state index is 11.2. The summed E-state index contributed by atoms with van der Waals surface area (Å²) in [5, 5.41) is 8.64. The van der Waals surface area contributed by atoms with Gasteiger partial charge < -0.3 is 14.7 Å². The normalized spacial score (nSPS) is 9.64. The Morgan fingerprint density at radius 2 is 2.14 bits per heavy atom. The average Bonchev–Trinajstić information content (AvgIpc) is 2.22. The maximum Gasteiger partial charge on any atom is 0.323 e. The zero-order chi connectivity index (χ0) is 11.0. The fraction of sp³-hybridized carbons (Fsp3) is 0.714. The lowest BCUT2D eigenvalue weighted by atomic mass is 10.4. The average molecular weight is 205 g/mol. The van der Waals surface area contributed by atoms with Crippen LogP contribution in [0.25, 0.3) is 0 Å². The second kappa shape index (κ2) is 7.25. The second-order valence-corrected chi connectivity index (χ2v) is 2.48. The smallest absolute Gasteiger partial charge is 0.323 e. The highest BCUT2D eigenvalue weighted by Gasteiger charge is 2.19. The van der Waals surface area contributed by atoms with Crippen LogP contribution in [0.15, 0.2) is 0 Å². The van der Waals surface area contributed by atoms with Crippen molar-refractivity contribution in [1.82, 2.24) is 10.3 Å². The van der Waals surface area contributed by atoms with Crippen LogP contribution in [0.5, 0.6) is 0 Å². The standard InChI is InChI=1S/C7H15N3O4/c1-14-5-3-10(2-4-11)7(13)6(12)9-8/h11H,2-5,8H2,1H3,(H,9,12). The van der Waals surface area contributed by atoms with E-state index in [9.17, 15) is 9.59 Å². The lowest BCUT2D eigenvalue weighted by Crippen LogP contribution is -2.47. The van der Waals surface area contributed by atoms with Crippen molar-refractivity contribution in [1.29, 1.82) is 0 Å². The van der Waals surface area contributed by atoms with Gasteiger partial charge in [0, 0.05) is 20.2 Å². The Bertz CT molecular complexity index is 197. The van der Waals surface area contributed by atoms with E-state index in [1.165, 1.54) is 7.11 Å². The number of nitrogens with two attached hydrogens (primary N) is 1. The Labute approximate surface area is 81.8 Å². The Morgan fingerprint density at radius 3 is 2.57 bits per heavy atom. The molecule has 0 bridgehead atoms. The first-order valence-electron chi connectivity index (χ1n) is 4.07. The number of ether oxygens (including phenoxy) is 1. The summed E-state index contributed by atoms with van der Waals surface area (Å²) in [6.45, 7) is 0.399. The number of hydrogen-bond donors (Lipinski definition) is 3. The molecule has 14 heavy (non-hydrogen) atoms. The summed E-state index contributed by atoms with van der Waals surface area (Å²) in [4.78, 5) is 23.2. The largest absolute Gasteiger partial charge is 0.395 e. The number of hydrogen-bond acceptors (Lipinski definition) is 5. The molecule has 0 aromatic heterocycles. The third-order valence-corrected chi connectivity index (χ3v) is 1.55. The molecular weight excluding hydrogens is 190 g/mol. The quantitative estimate of drug-likeness (QED) is 0.198. The van der Waals surface area contributed by atoms with E-state index in [0.29, 0.717) is 6.61 Å². The molecule has 0 saturated heterocycles. The van der Waals surface area contributed by atoms with Crippen LogP contribution >= 0.6 is 0 Å². The highest BCUT2D eigenvalue weighted by Crippen LogP contribution is 1.89. The van der Waals surface area contributed by atoms with Gasteiger partial charge in [0.25, 0.3) is 0 Å². The van der Waals surface area contributed by atoms with Gasteiger partial charge in [0.1, 0.15) is 0 Å². The summed E-state index contributed by atoms with van der Waals surface area (Å²) in [5.74, 6) is 3.11. The molecule has 2 amide bonds. The van der Waals surface area contributed by atoms with E-state index >= 15 is 0 Å². The predicted molar refractivity (Wildman–Crippen MR) is 47.9 cm³/mol. The monoisotopic (exact) mass is 205 g/mol. The number of rotatable bonds is 5. The lowest BCUT2D eigenvalue weighted by molar-refractivity contribution is -0.146. The second-order valence-electron chi connectivity index (χ2n) is 2.48. The SMILES string of the molecule is COCCN(CCO)C(=O)C(=O)NN. The van der Waals surface area contributed by atoms with E-state index in [4.69, 9.17) is 15.7 Å². The molecule has 0 atom stereocenters. The summed E-state index contributed by atoms with van der Waals surface area (Å²) >= 11 is 0. The van der Waals surface area contributed by atoms with Crippen molar-refractivity contribution in [2.24, 2.45) is 5.84 Å². The van der Waals surface area contributed by atoms with E-state index < -0.39 is 11.8 Å². The molecule has 0 fully saturated rings. The number of aliphatic hydroxyl groups is 1. The molecule has 0 radical (unpaired) electrons. The van der Waals surface area contributed by atoms with Gasteiger partial charge in [-0.3, -0.25) is 15.0 Å². The van der Waals surface area contributed by atoms with Crippen LogP contribution < -0.4 is 11.3 Å². The van der Waals surface area contributed by atoms with Gasteiger partial charge in [-0.2, -0.15) is 0 Å². The minimum atomic E-state index is -0.908. The van der Waals surface area contributed by atoms with E-state index in [1.54, 1.807) is 5.43 Å². The van der Waals surface area contributed by atoms with Gasteiger partial charge in [0.15, 0.2) is 0 Å².